The van der Waals surface area contributed by atoms with Crippen LogP contribution in [0.4, 0.5) is 0 Å². The molecule has 0 aliphatic carbocycles. The number of aliphatic hydroxyl groups is 1. The number of benzene rings is 2. The highest BCUT2D eigenvalue weighted by atomic mass is 16.7. The molecule has 0 unspecified atom stereocenters. The summed E-state index contributed by atoms with van der Waals surface area (Å²) in [7, 11) is 2.71. The summed E-state index contributed by atoms with van der Waals surface area (Å²) in [6, 6.07) is 9.88. The minimum absolute atomic E-state index is 0.0107. The summed E-state index contributed by atoms with van der Waals surface area (Å²) < 4.78 is 27.5. The molecule has 0 amide bonds. The number of carbonyl (C=O) groups is 3. The van der Waals surface area contributed by atoms with Gasteiger partial charge in [-0.15, -0.1) is 0 Å². The second-order valence-corrected chi connectivity index (χ2v) is 9.95. The molecule has 0 bridgehead atoms. The first-order chi connectivity index (χ1) is 19.9. The minimum atomic E-state index is -1.04. The van der Waals surface area contributed by atoms with Crippen molar-refractivity contribution in [2.24, 2.45) is 11.8 Å². The molecule has 10 heteroatoms. The lowest BCUT2D eigenvalue weighted by molar-refractivity contribution is -0.248. The third kappa shape index (κ3) is 8.23. The van der Waals surface area contributed by atoms with E-state index in [0.29, 0.717) is 11.3 Å². The van der Waals surface area contributed by atoms with Crippen LogP contribution in [0, 0.1) is 18.8 Å². The average molecular weight is 581 g/mol. The van der Waals surface area contributed by atoms with Crippen LogP contribution in [0.15, 0.2) is 60.4 Å². The van der Waals surface area contributed by atoms with E-state index < -0.39 is 36.2 Å². The monoisotopic (exact) mass is 580 g/mol. The summed E-state index contributed by atoms with van der Waals surface area (Å²) in [6.07, 6.45) is 4.23. The second kappa shape index (κ2) is 14.4. The largest absolute Gasteiger partial charge is 0.508 e. The lowest BCUT2D eigenvalue weighted by Gasteiger charge is -2.42. The van der Waals surface area contributed by atoms with E-state index in [-0.39, 0.29) is 29.1 Å². The molecule has 1 saturated heterocycles. The summed E-state index contributed by atoms with van der Waals surface area (Å²) in [6.45, 7) is 6.79. The number of phenolic OH excluding ortho intramolecular Hbond substituents is 1. The molecule has 3 rings (SSSR count). The van der Waals surface area contributed by atoms with E-state index in [1.807, 2.05) is 20.8 Å². The van der Waals surface area contributed by atoms with Gasteiger partial charge in [0.25, 0.3) is 0 Å². The van der Waals surface area contributed by atoms with Crippen molar-refractivity contribution in [2.75, 3.05) is 14.2 Å². The number of ether oxygens (including phenoxy) is 5. The van der Waals surface area contributed by atoms with E-state index in [9.17, 15) is 24.6 Å². The van der Waals surface area contributed by atoms with Crippen LogP contribution in [0.5, 0.6) is 17.2 Å². The van der Waals surface area contributed by atoms with Crippen molar-refractivity contribution in [2.45, 2.75) is 46.2 Å². The van der Waals surface area contributed by atoms with Gasteiger partial charge in [-0.25, -0.2) is 4.79 Å². The van der Waals surface area contributed by atoms with Crippen molar-refractivity contribution in [1.82, 2.24) is 0 Å². The highest BCUT2D eigenvalue weighted by Crippen LogP contribution is 2.35. The summed E-state index contributed by atoms with van der Waals surface area (Å²) in [5.41, 5.74) is 2.08. The normalized spacial score (nSPS) is 22.6. The molecule has 0 spiro atoms. The van der Waals surface area contributed by atoms with Gasteiger partial charge in [-0.2, -0.15) is 0 Å². The third-order valence-corrected chi connectivity index (χ3v) is 6.93. The zero-order chi connectivity index (χ0) is 31.0. The van der Waals surface area contributed by atoms with Gasteiger partial charge in [0.1, 0.15) is 11.5 Å². The molecule has 1 aliphatic heterocycles. The molecule has 0 saturated carbocycles. The third-order valence-electron chi connectivity index (χ3n) is 6.93. The molecule has 1 heterocycles. The van der Waals surface area contributed by atoms with Crippen LogP contribution in [-0.2, 0) is 28.6 Å². The maximum absolute atomic E-state index is 12.3. The first-order valence-corrected chi connectivity index (χ1v) is 13.3. The topological polar surface area (TPSA) is 138 Å². The number of aliphatic hydroxyl groups excluding tert-OH is 1. The molecule has 0 aromatic heterocycles. The van der Waals surface area contributed by atoms with Gasteiger partial charge in [-0.1, -0.05) is 38.1 Å². The fourth-order valence-electron chi connectivity index (χ4n) is 4.44. The van der Waals surface area contributed by atoms with Crippen LogP contribution in [0.3, 0.4) is 0 Å². The zero-order valence-electron chi connectivity index (χ0n) is 24.4. The Bertz CT molecular complexity index is 1390. The van der Waals surface area contributed by atoms with E-state index in [1.165, 1.54) is 45.4 Å². The van der Waals surface area contributed by atoms with Crippen LogP contribution in [0.25, 0.3) is 12.2 Å². The Labute approximate surface area is 244 Å². The fraction of sp³-hybridized carbons (Fsp3) is 0.344. The Hall–Kier alpha value is -4.57. The molecular weight excluding hydrogens is 544 g/mol. The van der Waals surface area contributed by atoms with Crippen molar-refractivity contribution < 1.29 is 48.3 Å². The van der Waals surface area contributed by atoms with Crippen LogP contribution < -0.4 is 9.47 Å². The van der Waals surface area contributed by atoms with E-state index in [1.54, 1.807) is 36.4 Å². The zero-order valence-corrected chi connectivity index (χ0v) is 24.4. The van der Waals surface area contributed by atoms with Crippen LogP contribution >= 0.6 is 0 Å². The Kier molecular flexibility index (Phi) is 10.9. The van der Waals surface area contributed by atoms with E-state index in [4.69, 9.17) is 23.7 Å². The predicted molar refractivity (Wildman–Crippen MR) is 155 cm³/mol. The molecule has 224 valence electrons. The van der Waals surface area contributed by atoms with Crippen LogP contribution in [0.1, 0.15) is 37.5 Å². The molecule has 2 aromatic carbocycles. The van der Waals surface area contributed by atoms with Gasteiger partial charge in [0.2, 0.25) is 6.29 Å². The van der Waals surface area contributed by atoms with Gasteiger partial charge in [-0.3, -0.25) is 9.59 Å². The van der Waals surface area contributed by atoms with Gasteiger partial charge in [0.05, 0.1) is 14.2 Å². The molecule has 2 aromatic rings. The van der Waals surface area contributed by atoms with Crippen molar-refractivity contribution >= 4 is 29.9 Å². The molecular formula is C32H36O10. The van der Waals surface area contributed by atoms with Gasteiger partial charge in [0, 0.05) is 18.9 Å². The number of aromatic hydroxyl groups is 1. The number of methoxy groups -OCH3 is 2. The highest BCUT2D eigenvalue weighted by Gasteiger charge is 2.48. The number of rotatable bonds is 10. The number of carbonyl (C=O) groups excluding carboxylic acids is 3. The maximum atomic E-state index is 12.3. The van der Waals surface area contributed by atoms with Gasteiger partial charge in [0.15, 0.2) is 29.5 Å². The molecule has 42 heavy (non-hydrogen) atoms. The van der Waals surface area contributed by atoms with Crippen molar-refractivity contribution in [3.63, 3.8) is 0 Å². The highest BCUT2D eigenvalue weighted by molar-refractivity contribution is 6.02. The molecule has 1 fully saturated rings. The van der Waals surface area contributed by atoms with Crippen molar-refractivity contribution in [1.29, 1.82) is 0 Å². The van der Waals surface area contributed by atoms with Crippen molar-refractivity contribution in [3.05, 3.63) is 77.1 Å². The predicted octanol–water partition coefficient (Wildman–Crippen LogP) is 4.93. The SMILES string of the molecule is COC(=O)[C@H]1O[C@@H](Oc2ccc(/C=C/C(O)=CC(=O)/C=C/c3ccc(O)c(OC)c3)cc2C)[C@H](OC(C)=O)[C@@H](C)[C@@H]1C. The van der Waals surface area contributed by atoms with Gasteiger partial charge < -0.3 is 33.9 Å². The van der Waals surface area contributed by atoms with Crippen molar-refractivity contribution in [3.8, 4) is 17.2 Å². The lowest BCUT2D eigenvalue weighted by atomic mass is 9.83. The number of phenols is 1. The fourth-order valence-corrected chi connectivity index (χ4v) is 4.44. The number of hydrogen-bond donors (Lipinski definition) is 2. The Morgan fingerprint density at radius 1 is 0.929 bits per heavy atom. The molecule has 2 N–H and O–H groups in total. The minimum Gasteiger partial charge on any atom is -0.508 e. The summed E-state index contributed by atoms with van der Waals surface area (Å²) in [5.74, 6) is -1.53. The maximum Gasteiger partial charge on any atom is 0.335 e. The summed E-state index contributed by atoms with van der Waals surface area (Å²) >= 11 is 0. The second-order valence-electron chi connectivity index (χ2n) is 9.95. The lowest BCUT2D eigenvalue weighted by Crippen LogP contribution is -2.55. The molecule has 0 radical (unpaired) electrons. The average Bonchev–Trinajstić information content (AvgIpc) is 2.95. The number of ketones is 1. The Balaban J connectivity index is 1.70. The van der Waals surface area contributed by atoms with E-state index in [0.717, 1.165) is 17.2 Å². The quantitative estimate of drug-likeness (QED) is 0.172. The number of allylic oxidation sites excluding steroid dienone is 3. The van der Waals surface area contributed by atoms with Gasteiger partial charge >= 0.3 is 11.9 Å². The molecule has 1 aliphatic rings. The first-order valence-electron chi connectivity index (χ1n) is 13.3. The standard InChI is InChI=1S/C32H36O10/c1-18-15-22(7-11-24(34)17-25(35)12-8-23-9-13-26(36)28(16-23)38-5)10-14-27(18)41-32-30(40-21(4)33)20(3)19(2)29(42-32)31(37)39-6/h7-17,19-20,29-30,32,34,36H,1-6H3/b11-7+,12-8+,24-17?/t19-,20-,29-,30+,32+/m0/s1. The molecule has 5 atom stereocenters. The van der Waals surface area contributed by atoms with E-state index in [2.05, 4.69) is 0 Å². The smallest absolute Gasteiger partial charge is 0.335 e. The molecule has 10 nitrogen and oxygen atoms in total. The summed E-state index contributed by atoms with van der Waals surface area (Å²) in [5, 5.41) is 19.9. The Morgan fingerprint density at radius 2 is 1.60 bits per heavy atom. The summed E-state index contributed by atoms with van der Waals surface area (Å²) in [4.78, 5) is 36.3. The van der Waals surface area contributed by atoms with Crippen LogP contribution in [0.2, 0.25) is 0 Å². The number of esters is 2. The Morgan fingerprint density at radius 3 is 2.24 bits per heavy atom. The first kappa shape index (κ1) is 32.0. The van der Waals surface area contributed by atoms with Gasteiger partial charge in [-0.05, 0) is 65.9 Å². The van der Waals surface area contributed by atoms with E-state index >= 15 is 0 Å². The number of aryl methyl sites for hydroxylation is 1. The van der Waals surface area contributed by atoms with Crippen LogP contribution in [-0.4, -0.2) is 60.7 Å². The number of hydrogen-bond acceptors (Lipinski definition) is 10.